The first-order valence-corrected chi connectivity index (χ1v) is 11.5. The van der Waals surface area contributed by atoms with Crippen molar-refractivity contribution in [1.29, 1.82) is 0 Å². The van der Waals surface area contributed by atoms with E-state index in [0.29, 0.717) is 0 Å². The third-order valence-electron chi connectivity index (χ3n) is 8.22. The van der Waals surface area contributed by atoms with Gasteiger partial charge in [0.2, 0.25) is 0 Å². The van der Waals surface area contributed by atoms with E-state index in [1.165, 1.54) is 49.7 Å². The van der Waals surface area contributed by atoms with E-state index in [-0.39, 0.29) is 62.4 Å². The first kappa shape index (κ1) is 22.6. The molecule has 158 valence electrons. The number of hydrogen-bond donors (Lipinski definition) is 0. The van der Waals surface area contributed by atoms with Gasteiger partial charge in [0.15, 0.2) is 0 Å². The number of carboxylic acids is 1. The maximum Gasteiger partial charge on any atom is 1.00 e. The quantitative estimate of drug-likeness (QED) is 0.574. The molecule has 32 heavy (non-hydrogen) atoms. The molecular formula is C28H27KO3. The van der Waals surface area contributed by atoms with Gasteiger partial charge in [0.05, 0.1) is 13.1 Å². The molecule has 0 N–H and O–H groups in total. The standard InChI is InChI=1S/C28H28O3.K/c1-31-26-7-6-23(21-2-3-22-12-24(27(29)30)5-4-20(22)11-21)13-25(26)28-14-17-8-18(15-28)10-19(9-17)16-28;/h2-7,11-13,17-19H,8-10,14-16H2,1H3,(H,29,30);/q;+1/p-1. The molecule has 0 saturated heterocycles. The zero-order valence-corrected chi connectivity index (χ0v) is 22.0. The van der Waals surface area contributed by atoms with Crippen molar-refractivity contribution < 1.29 is 66.0 Å². The number of ether oxygens (including phenoxy) is 1. The summed E-state index contributed by atoms with van der Waals surface area (Å²) in [6, 6.07) is 18.1. The fourth-order valence-corrected chi connectivity index (χ4v) is 7.29. The van der Waals surface area contributed by atoms with Crippen LogP contribution in [0.2, 0.25) is 0 Å². The summed E-state index contributed by atoms with van der Waals surface area (Å²) in [6.07, 6.45) is 8.22. The Balaban J connectivity index is 0.00000216. The van der Waals surface area contributed by atoms with Gasteiger partial charge in [-0.1, -0.05) is 30.3 Å². The molecule has 3 aromatic rings. The van der Waals surface area contributed by atoms with Crippen LogP contribution in [0.4, 0.5) is 0 Å². The third kappa shape index (κ3) is 3.78. The monoisotopic (exact) mass is 450 g/mol. The van der Waals surface area contributed by atoms with Crippen molar-refractivity contribution in [1.82, 2.24) is 0 Å². The molecule has 0 heterocycles. The van der Waals surface area contributed by atoms with Gasteiger partial charge >= 0.3 is 51.4 Å². The summed E-state index contributed by atoms with van der Waals surface area (Å²) in [5, 5.41) is 13.1. The van der Waals surface area contributed by atoms with Crippen LogP contribution in [0.1, 0.15) is 54.4 Å². The first-order valence-electron chi connectivity index (χ1n) is 11.5. The number of carbonyl (C=O) groups is 1. The number of carbonyl (C=O) groups excluding carboxylic acids is 1. The van der Waals surface area contributed by atoms with Gasteiger partial charge in [-0.3, -0.25) is 0 Å². The van der Waals surface area contributed by atoms with E-state index in [9.17, 15) is 9.90 Å². The van der Waals surface area contributed by atoms with Gasteiger partial charge in [-0.15, -0.1) is 0 Å². The largest absolute Gasteiger partial charge is 1.00 e. The predicted octanol–water partition coefficient (Wildman–Crippen LogP) is 2.35. The summed E-state index contributed by atoms with van der Waals surface area (Å²) in [6.45, 7) is 0. The topological polar surface area (TPSA) is 49.4 Å². The van der Waals surface area contributed by atoms with Crippen LogP contribution in [0, 0.1) is 17.8 Å². The molecule has 4 saturated carbocycles. The van der Waals surface area contributed by atoms with E-state index >= 15 is 0 Å². The molecule has 7 rings (SSSR count). The predicted molar refractivity (Wildman–Crippen MR) is 120 cm³/mol. The number of aromatic carboxylic acids is 1. The summed E-state index contributed by atoms with van der Waals surface area (Å²) in [7, 11) is 1.80. The first-order chi connectivity index (χ1) is 15.0. The molecular weight excluding hydrogens is 423 g/mol. The van der Waals surface area contributed by atoms with Crippen molar-refractivity contribution in [3.63, 3.8) is 0 Å². The zero-order valence-electron chi connectivity index (χ0n) is 18.9. The van der Waals surface area contributed by atoms with E-state index in [0.717, 1.165) is 39.8 Å². The van der Waals surface area contributed by atoms with Gasteiger partial charge in [0.25, 0.3) is 0 Å². The van der Waals surface area contributed by atoms with Crippen molar-refractivity contribution in [2.24, 2.45) is 17.8 Å². The van der Waals surface area contributed by atoms with Gasteiger partial charge in [-0.2, -0.15) is 0 Å². The minimum absolute atomic E-state index is 0. The molecule has 4 aliphatic carbocycles. The molecule has 0 atom stereocenters. The number of rotatable bonds is 4. The summed E-state index contributed by atoms with van der Waals surface area (Å²) in [5.74, 6) is 2.56. The normalized spacial score (nSPS) is 27.8. The number of carboxylic acid groups (broad SMARTS) is 1. The third-order valence-corrected chi connectivity index (χ3v) is 8.22. The summed E-state index contributed by atoms with van der Waals surface area (Å²) in [4.78, 5) is 11.2. The van der Waals surface area contributed by atoms with Gasteiger partial charge in [0, 0.05) is 5.56 Å². The van der Waals surface area contributed by atoms with Crippen molar-refractivity contribution in [2.45, 2.75) is 43.9 Å². The second kappa shape index (κ2) is 8.55. The molecule has 0 unspecified atom stereocenters. The summed E-state index contributed by atoms with van der Waals surface area (Å²) < 4.78 is 5.87. The molecule has 4 aliphatic rings. The van der Waals surface area contributed by atoms with E-state index in [1.54, 1.807) is 19.2 Å². The average Bonchev–Trinajstić information content (AvgIpc) is 2.77. The molecule has 0 radical (unpaired) electrons. The second-order valence-corrected chi connectivity index (χ2v) is 10.2. The molecule has 0 amide bonds. The van der Waals surface area contributed by atoms with Crippen molar-refractivity contribution >= 4 is 16.7 Å². The van der Waals surface area contributed by atoms with E-state index in [4.69, 9.17) is 4.74 Å². The van der Waals surface area contributed by atoms with Crippen LogP contribution in [0.5, 0.6) is 5.75 Å². The molecule has 0 aliphatic heterocycles. The van der Waals surface area contributed by atoms with Gasteiger partial charge in [-0.25, -0.2) is 0 Å². The minimum Gasteiger partial charge on any atom is -0.545 e. The fourth-order valence-electron chi connectivity index (χ4n) is 7.29. The Bertz CT molecular complexity index is 1160. The summed E-state index contributed by atoms with van der Waals surface area (Å²) >= 11 is 0. The van der Waals surface area contributed by atoms with Gasteiger partial charge < -0.3 is 14.6 Å². The van der Waals surface area contributed by atoms with E-state index in [1.807, 2.05) is 12.1 Å². The molecule has 4 fully saturated rings. The molecule has 3 nitrogen and oxygen atoms in total. The van der Waals surface area contributed by atoms with E-state index < -0.39 is 5.97 Å². The van der Waals surface area contributed by atoms with Crippen molar-refractivity contribution in [2.75, 3.05) is 7.11 Å². The van der Waals surface area contributed by atoms with Crippen LogP contribution in [-0.4, -0.2) is 13.1 Å². The molecule has 4 heteroatoms. The molecule has 0 aromatic heterocycles. The van der Waals surface area contributed by atoms with Crippen LogP contribution < -0.4 is 61.2 Å². The summed E-state index contributed by atoms with van der Waals surface area (Å²) in [5.41, 5.74) is 4.25. The van der Waals surface area contributed by atoms with E-state index in [2.05, 4.69) is 30.3 Å². The molecule has 4 bridgehead atoms. The Morgan fingerprint density at radius 1 is 0.844 bits per heavy atom. The van der Waals surface area contributed by atoms with Gasteiger partial charge in [0.1, 0.15) is 5.75 Å². The minimum atomic E-state index is -1.14. The Morgan fingerprint density at radius 2 is 1.41 bits per heavy atom. The Morgan fingerprint density at radius 3 is 2.03 bits per heavy atom. The SMILES string of the molecule is COc1ccc(-c2ccc3cc(C(=O)[O-])ccc3c2)cc1C12CC3CC(CC(C3)C1)C2.[K+]. The fraction of sp³-hybridized carbons (Fsp3) is 0.393. The Hall–Kier alpha value is -1.17. The maximum atomic E-state index is 11.2. The molecule has 3 aromatic carbocycles. The average molecular weight is 451 g/mol. The van der Waals surface area contributed by atoms with Crippen LogP contribution in [0.25, 0.3) is 21.9 Å². The van der Waals surface area contributed by atoms with Crippen LogP contribution >= 0.6 is 0 Å². The zero-order chi connectivity index (χ0) is 21.2. The molecule has 0 spiro atoms. The van der Waals surface area contributed by atoms with Crippen molar-refractivity contribution in [3.05, 3.63) is 65.7 Å². The van der Waals surface area contributed by atoms with Gasteiger partial charge in [-0.05, 0) is 113 Å². The van der Waals surface area contributed by atoms with Crippen molar-refractivity contribution in [3.8, 4) is 16.9 Å². The Labute approximate surface area is 232 Å². The van der Waals surface area contributed by atoms with Crippen LogP contribution in [-0.2, 0) is 5.41 Å². The van der Waals surface area contributed by atoms with Crippen LogP contribution in [0.15, 0.2) is 54.6 Å². The number of hydrogen-bond acceptors (Lipinski definition) is 3. The van der Waals surface area contributed by atoms with Crippen LogP contribution in [0.3, 0.4) is 0 Å². The number of benzene rings is 3. The maximum absolute atomic E-state index is 11.2. The smallest absolute Gasteiger partial charge is 0.545 e. The Kier molecular flexibility index (Phi) is 6.04. The number of fused-ring (bicyclic) bond motifs is 1. The number of methoxy groups -OCH3 is 1. The second-order valence-electron chi connectivity index (χ2n) is 10.2.